The zero-order valence-electron chi connectivity index (χ0n) is 5.88. The SMILES string of the molecule is O=C1c2c(F)cccc2OC1Br. The minimum atomic E-state index is -0.732. The molecule has 12 heavy (non-hydrogen) atoms. The first kappa shape index (κ1) is 7.73. The van der Waals surface area contributed by atoms with Crippen molar-refractivity contribution in [2.45, 2.75) is 5.01 Å². The lowest BCUT2D eigenvalue weighted by atomic mass is 10.1. The van der Waals surface area contributed by atoms with Crippen molar-refractivity contribution in [2.24, 2.45) is 0 Å². The van der Waals surface area contributed by atoms with Crippen molar-refractivity contribution in [3.63, 3.8) is 0 Å². The van der Waals surface area contributed by atoms with E-state index in [0.29, 0.717) is 5.75 Å². The lowest BCUT2D eigenvalue weighted by Crippen LogP contribution is -2.11. The molecule has 1 aromatic rings. The predicted molar refractivity (Wildman–Crippen MR) is 44.1 cm³/mol. The number of Topliss-reactive ketones (excluding diaryl/α,β-unsaturated/α-hetero) is 1. The summed E-state index contributed by atoms with van der Waals surface area (Å²) in [6.07, 6.45) is 0. The van der Waals surface area contributed by atoms with Crippen LogP contribution in [0.1, 0.15) is 10.4 Å². The Morgan fingerprint density at radius 3 is 2.92 bits per heavy atom. The number of hydrogen-bond donors (Lipinski definition) is 0. The molecule has 1 aromatic carbocycles. The van der Waals surface area contributed by atoms with Gasteiger partial charge in [-0.15, -0.1) is 0 Å². The quantitative estimate of drug-likeness (QED) is 0.639. The van der Waals surface area contributed by atoms with Gasteiger partial charge in [-0.2, -0.15) is 0 Å². The largest absolute Gasteiger partial charge is 0.470 e. The van der Waals surface area contributed by atoms with E-state index in [1.165, 1.54) is 12.1 Å². The maximum absolute atomic E-state index is 13.0. The second-order valence-corrected chi connectivity index (χ2v) is 3.24. The summed E-state index contributed by atoms with van der Waals surface area (Å²) in [7, 11) is 0. The number of carbonyl (C=O) groups is 1. The van der Waals surface area contributed by atoms with Crippen molar-refractivity contribution in [3.8, 4) is 5.75 Å². The minimum absolute atomic E-state index is 0.0411. The Morgan fingerprint density at radius 1 is 1.50 bits per heavy atom. The van der Waals surface area contributed by atoms with Crippen LogP contribution in [0.3, 0.4) is 0 Å². The van der Waals surface area contributed by atoms with Crippen LogP contribution in [0.4, 0.5) is 4.39 Å². The van der Waals surface area contributed by atoms with Gasteiger partial charge in [0.05, 0.1) is 0 Å². The number of fused-ring (bicyclic) bond motifs is 1. The van der Waals surface area contributed by atoms with Gasteiger partial charge in [-0.05, 0) is 28.1 Å². The summed E-state index contributed by atoms with van der Waals surface area (Å²) in [6, 6.07) is 4.31. The average molecular weight is 231 g/mol. The van der Waals surface area contributed by atoms with Gasteiger partial charge < -0.3 is 4.74 Å². The van der Waals surface area contributed by atoms with Gasteiger partial charge in [-0.3, -0.25) is 4.79 Å². The van der Waals surface area contributed by atoms with Crippen molar-refractivity contribution in [1.29, 1.82) is 0 Å². The summed E-state index contributed by atoms with van der Waals surface area (Å²) in [4.78, 5) is 11.2. The molecule has 2 rings (SSSR count). The maximum Gasteiger partial charge on any atom is 0.220 e. The number of benzene rings is 1. The third-order valence-electron chi connectivity index (χ3n) is 1.66. The van der Waals surface area contributed by atoms with Gasteiger partial charge in [0.2, 0.25) is 10.8 Å². The van der Waals surface area contributed by atoms with Crippen LogP contribution in [0.15, 0.2) is 18.2 Å². The highest BCUT2D eigenvalue weighted by Gasteiger charge is 2.32. The average Bonchev–Trinajstić information content (AvgIpc) is 2.29. The normalized spacial score (nSPS) is 20.5. The van der Waals surface area contributed by atoms with Crippen LogP contribution in [0, 0.1) is 5.82 Å². The fraction of sp³-hybridized carbons (Fsp3) is 0.125. The Balaban J connectivity index is 2.62. The summed E-state index contributed by atoms with van der Waals surface area (Å²) in [6.45, 7) is 0. The molecule has 2 nitrogen and oxygen atoms in total. The number of halogens is 2. The molecule has 0 radical (unpaired) electrons. The lowest BCUT2D eigenvalue weighted by Gasteiger charge is -1.97. The molecule has 1 aliphatic rings. The molecule has 4 heteroatoms. The number of ether oxygens (including phenoxy) is 1. The van der Waals surface area contributed by atoms with Crippen molar-refractivity contribution >= 4 is 21.7 Å². The standard InChI is InChI=1S/C8H4BrFO2/c9-8-7(11)6-4(10)2-1-3-5(6)12-8/h1-3,8H. The van der Waals surface area contributed by atoms with Crippen LogP contribution in [0.5, 0.6) is 5.75 Å². The van der Waals surface area contributed by atoms with E-state index in [1.54, 1.807) is 6.07 Å². The van der Waals surface area contributed by atoms with Crippen LogP contribution >= 0.6 is 15.9 Å². The Labute approximate surface area is 76.5 Å². The van der Waals surface area contributed by atoms with Crippen LogP contribution in [0.2, 0.25) is 0 Å². The summed E-state index contributed by atoms with van der Waals surface area (Å²) < 4.78 is 18.0. The fourth-order valence-electron chi connectivity index (χ4n) is 1.12. The molecule has 0 amide bonds. The molecular formula is C8H4BrFO2. The number of rotatable bonds is 0. The second-order valence-electron chi connectivity index (χ2n) is 2.41. The molecule has 1 heterocycles. The number of alkyl halides is 1. The van der Waals surface area contributed by atoms with E-state index in [4.69, 9.17) is 4.74 Å². The van der Waals surface area contributed by atoms with Crippen molar-refractivity contribution in [3.05, 3.63) is 29.6 Å². The van der Waals surface area contributed by atoms with E-state index in [-0.39, 0.29) is 11.3 Å². The molecule has 0 aromatic heterocycles. The smallest absolute Gasteiger partial charge is 0.220 e. The van der Waals surface area contributed by atoms with Gasteiger partial charge in [-0.25, -0.2) is 4.39 Å². The molecule has 0 aliphatic carbocycles. The Bertz CT molecular complexity index is 351. The van der Waals surface area contributed by atoms with E-state index >= 15 is 0 Å². The van der Waals surface area contributed by atoms with E-state index in [9.17, 15) is 9.18 Å². The highest BCUT2D eigenvalue weighted by Crippen LogP contribution is 2.32. The van der Waals surface area contributed by atoms with Crippen LogP contribution in [-0.4, -0.2) is 10.8 Å². The van der Waals surface area contributed by atoms with Gasteiger partial charge in [0.1, 0.15) is 17.1 Å². The van der Waals surface area contributed by atoms with E-state index < -0.39 is 10.8 Å². The summed E-state index contributed by atoms with van der Waals surface area (Å²) in [5, 5.41) is -0.732. The molecule has 0 saturated carbocycles. The summed E-state index contributed by atoms with van der Waals surface area (Å²) in [5.41, 5.74) is 0.0411. The summed E-state index contributed by atoms with van der Waals surface area (Å²) >= 11 is 2.98. The number of carbonyl (C=O) groups excluding carboxylic acids is 1. The highest BCUT2D eigenvalue weighted by atomic mass is 79.9. The molecule has 0 bridgehead atoms. The molecule has 62 valence electrons. The van der Waals surface area contributed by atoms with Gasteiger partial charge in [0.25, 0.3) is 0 Å². The number of ketones is 1. The zero-order valence-corrected chi connectivity index (χ0v) is 7.47. The highest BCUT2D eigenvalue weighted by molar-refractivity contribution is 9.09. The van der Waals surface area contributed by atoms with Crippen molar-refractivity contribution in [1.82, 2.24) is 0 Å². The zero-order chi connectivity index (χ0) is 8.72. The van der Waals surface area contributed by atoms with Crippen LogP contribution in [0.25, 0.3) is 0 Å². The Hall–Kier alpha value is -0.900. The van der Waals surface area contributed by atoms with Crippen molar-refractivity contribution in [2.75, 3.05) is 0 Å². The summed E-state index contributed by atoms with van der Waals surface area (Å²) in [5.74, 6) is -0.579. The van der Waals surface area contributed by atoms with E-state index in [2.05, 4.69) is 15.9 Å². The first-order chi connectivity index (χ1) is 5.70. The molecule has 0 saturated heterocycles. The van der Waals surface area contributed by atoms with Crippen LogP contribution < -0.4 is 4.74 Å². The second kappa shape index (κ2) is 2.55. The van der Waals surface area contributed by atoms with Crippen molar-refractivity contribution < 1.29 is 13.9 Å². The minimum Gasteiger partial charge on any atom is -0.470 e. The Morgan fingerprint density at radius 2 is 2.25 bits per heavy atom. The third-order valence-corrected chi connectivity index (χ3v) is 2.26. The molecule has 1 unspecified atom stereocenters. The monoisotopic (exact) mass is 230 g/mol. The molecule has 0 spiro atoms. The first-order valence-corrected chi connectivity index (χ1v) is 4.25. The topological polar surface area (TPSA) is 26.3 Å². The van der Waals surface area contributed by atoms with Gasteiger partial charge in [-0.1, -0.05) is 6.07 Å². The molecular weight excluding hydrogens is 227 g/mol. The predicted octanol–water partition coefficient (Wildman–Crippen LogP) is 2.12. The first-order valence-electron chi connectivity index (χ1n) is 3.33. The fourth-order valence-corrected chi connectivity index (χ4v) is 1.55. The molecule has 0 N–H and O–H groups in total. The third kappa shape index (κ3) is 0.948. The Kier molecular flexibility index (Phi) is 1.65. The number of hydrogen-bond acceptors (Lipinski definition) is 2. The molecule has 1 atom stereocenters. The van der Waals surface area contributed by atoms with Crippen LogP contribution in [-0.2, 0) is 0 Å². The maximum atomic E-state index is 13.0. The molecule has 1 aliphatic heterocycles. The lowest BCUT2D eigenvalue weighted by molar-refractivity contribution is 0.0939. The van der Waals surface area contributed by atoms with Gasteiger partial charge in [0.15, 0.2) is 0 Å². The van der Waals surface area contributed by atoms with Gasteiger partial charge >= 0.3 is 0 Å². The van der Waals surface area contributed by atoms with Gasteiger partial charge in [0, 0.05) is 0 Å². The van der Waals surface area contributed by atoms with E-state index in [1.807, 2.05) is 0 Å². The van der Waals surface area contributed by atoms with E-state index in [0.717, 1.165) is 0 Å². The molecule has 0 fully saturated rings.